The molecule has 0 saturated carbocycles. The van der Waals surface area contributed by atoms with Crippen molar-refractivity contribution in [1.29, 1.82) is 0 Å². The van der Waals surface area contributed by atoms with E-state index in [1.54, 1.807) is 13.2 Å². The summed E-state index contributed by atoms with van der Waals surface area (Å²) < 4.78 is 5.10. The average Bonchev–Trinajstić information content (AvgIpc) is 2.49. The summed E-state index contributed by atoms with van der Waals surface area (Å²) in [6, 6.07) is 7.35. The number of nitrogens with one attached hydrogen (secondary N) is 1. The van der Waals surface area contributed by atoms with Gasteiger partial charge >= 0.3 is 5.97 Å². The van der Waals surface area contributed by atoms with Crippen LogP contribution in [0.5, 0.6) is 0 Å². The van der Waals surface area contributed by atoms with Gasteiger partial charge < -0.3 is 15.2 Å². The van der Waals surface area contributed by atoms with E-state index < -0.39 is 17.8 Å². The predicted molar refractivity (Wildman–Crippen MR) is 78.8 cm³/mol. The fraction of sp³-hybridized carbons (Fsp3) is 0.375. The number of carbonyl (C=O) groups excluding carboxylic acids is 1. The zero-order chi connectivity index (χ0) is 15.2. The van der Waals surface area contributed by atoms with E-state index in [-0.39, 0.29) is 5.91 Å². The van der Waals surface area contributed by atoms with Gasteiger partial charge in [-0.25, -0.2) is 0 Å². The molecule has 1 aliphatic carbocycles. The number of ether oxygens (including phenoxy) is 1. The summed E-state index contributed by atoms with van der Waals surface area (Å²) in [5.74, 6) is -2.38. The van der Waals surface area contributed by atoms with Crippen LogP contribution in [0, 0.1) is 11.8 Å². The number of benzene rings is 1. The van der Waals surface area contributed by atoms with E-state index in [1.807, 2.05) is 30.4 Å². The summed E-state index contributed by atoms with van der Waals surface area (Å²) in [6.45, 7) is 0.392. The fourth-order valence-corrected chi connectivity index (χ4v) is 2.53. The Labute approximate surface area is 123 Å². The SMILES string of the molecule is COCc1ccccc1NC(=O)[C@@H]1CC=CC[C@@H]1C(=O)O. The van der Waals surface area contributed by atoms with Crippen molar-refractivity contribution in [2.45, 2.75) is 19.4 Å². The van der Waals surface area contributed by atoms with Crippen LogP contribution in [0.15, 0.2) is 36.4 Å². The second-order valence-electron chi connectivity index (χ2n) is 5.07. The van der Waals surface area contributed by atoms with Crippen molar-refractivity contribution in [1.82, 2.24) is 0 Å². The number of anilines is 1. The second-order valence-corrected chi connectivity index (χ2v) is 5.07. The molecule has 5 heteroatoms. The molecule has 0 spiro atoms. The first-order chi connectivity index (χ1) is 10.1. The fourth-order valence-electron chi connectivity index (χ4n) is 2.53. The largest absolute Gasteiger partial charge is 0.481 e. The van der Waals surface area contributed by atoms with Gasteiger partial charge in [0, 0.05) is 18.4 Å². The molecule has 0 fully saturated rings. The second kappa shape index (κ2) is 7.04. The molecule has 0 heterocycles. The lowest BCUT2D eigenvalue weighted by Gasteiger charge is -2.24. The molecule has 0 saturated heterocycles. The number of carbonyl (C=O) groups is 2. The third-order valence-corrected chi connectivity index (χ3v) is 3.66. The van der Waals surface area contributed by atoms with Gasteiger partial charge in [0.15, 0.2) is 0 Å². The maximum absolute atomic E-state index is 12.4. The van der Waals surface area contributed by atoms with Gasteiger partial charge in [-0.1, -0.05) is 30.4 Å². The van der Waals surface area contributed by atoms with Crippen LogP contribution in [0.4, 0.5) is 5.69 Å². The van der Waals surface area contributed by atoms with Gasteiger partial charge in [0.25, 0.3) is 0 Å². The van der Waals surface area contributed by atoms with Crippen molar-refractivity contribution in [2.75, 3.05) is 12.4 Å². The molecule has 1 aromatic carbocycles. The summed E-state index contributed by atoms with van der Waals surface area (Å²) in [7, 11) is 1.59. The number of hydrogen-bond acceptors (Lipinski definition) is 3. The Morgan fingerprint density at radius 3 is 2.57 bits per heavy atom. The van der Waals surface area contributed by atoms with Crippen LogP contribution < -0.4 is 5.32 Å². The van der Waals surface area contributed by atoms with Crippen molar-refractivity contribution >= 4 is 17.6 Å². The Hall–Kier alpha value is -2.14. The van der Waals surface area contributed by atoms with E-state index in [0.717, 1.165) is 5.56 Å². The number of hydrogen-bond donors (Lipinski definition) is 2. The number of rotatable bonds is 5. The molecule has 2 atom stereocenters. The zero-order valence-electron chi connectivity index (χ0n) is 11.9. The summed E-state index contributed by atoms with van der Waals surface area (Å²) >= 11 is 0. The first-order valence-corrected chi connectivity index (χ1v) is 6.89. The van der Waals surface area contributed by atoms with Crippen LogP contribution in [0.3, 0.4) is 0 Å². The lowest BCUT2D eigenvalue weighted by atomic mass is 9.82. The minimum absolute atomic E-state index is 0.254. The van der Waals surface area contributed by atoms with E-state index in [2.05, 4.69) is 5.32 Å². The number of para-hydroxylation sites is 1. The molecular formula is C16H19NO4. The quantitative estimate of drug-likeness (QED) is 0.816. The molecular weight excluding hydrogens is 270 g/mol. The Morgan fingerprint density at radius 2 is 1.90 bits per heavy atom. The minimum Gasteiger partial charge on any atom is -0.481 e. The Morgan fingerprint density at radius 1 is 1.24 bits per heavy atom. The molecule has 0 aliphatic heterocycles. The van der Waals surface area contributed by atoms with Crippen LogP contribution in [0.1, 0.15) is 18.4 Å². The Bertz CT molecular complexity index is 553. The van der Waals surface area contributed by atoms with Gasteiger partial charge in [-0.3, -0.25) is 9.59 Å². The minimum atomic E-state index is -0.926. The van der Waals surface area contributed by atoms with Crippen LogP contribution in [0.2, 0.25) is 0 Å². The highest BCUT2D eigenvalue weighted by molar-refractivity contribution is 5.96. The normalized spacial score (nSPS) is 21.0. The highest BCUT2D eigenvalue weighted by Gasteiger charge is 2.34. The molecule has 112 valence electrons. The molecule has 0 unspecified atom stereocenters. The Kier molecular flexibility index (Phi) is 5.11. The van der Waals surface area contributed by atoms with E-state index in [0.29, 0.717) is 25.1 Å². The highest BCUT2D eigenvalue weighted by atomic mass is 16.5. The van der Waals surface area contributed by atoms with E-state index in [4.69, 9.17) is 4.74 Å². The van der Waals surface area contributed by atoms with E-state index in [9.17, 15) is 14.7 Å². The van der Waals surface area contributed by atoms with Crippen LogP contribution in [0.25, 0.3) is 0 Å². The van der Waals surface area contributed by atoms with Crippen LogP contribution in [-0.4, -0.2) is 24.1 Å². The van der Waals surface area contributed by atoms with Crippen molar-refractivity contribution in [3.8, 4) is 0 Å². The van der Waals surface area contributed by atoms with Crippen LogP contribution >= 0.6 is 0 Å². The molecule has 0 radical (unpaired) electrons. The highest BCUT2D eigenvalue weighted by Crippen LogP contribution is 2.28. The summed E-state index contributed by atoms with van der Waals surface area (Å²) in [5, 5.41) is 12.1. The summed E-state index contributed by atoms with van der Waals surface area (Å²) in [5.41, 5.74) is 1.54. The van der Waals surface area contributed by atoms with Gasteiger partial charge in [-0.15, -0.1) is 0 Å². The average molecular weight is 289 g/mol. The number of aliphatic carboxylic acids is 1. The maximum atomic E-state index is 12.4. The number of carboxylic acids is 1. The number of allylic oxidation sites excluding steroid dienone is 2. The van der Waals surface area contributed by atoms with Gasteiger partial charge in [0.1, 0.15) is 0 Å². The van der Waals surface area contributed by atoms with Crippen LogP contribution in [-0.2, 0) is 20.9 Å². The lowest BCUT2D eigenvalue weighted by Crippen LogP contribution is -2.34. The van der Waals surface area contributed by atoms with Gasteiger partial charge in [-0.05, 0) is 18.9 Å². The summed E-state index contributed by atoms with van der Waals surface area (Å²) in [6.07, 6.45) is 4.54. The Balaban J connectivity index is 2.14. The number of carboxylic acid groups (broad SMARTS) is 1. The standard InChI is InChI=1S/C16H19NO4/c1-21-10-11-6-2-5-9-14(11)17-15(18)12-7-3-4-8-13(12)16(19)20/h2-6,9,12-13H,7-8,10H2,1H3,(H,17,18)(H,19,20)/t12-,13+/m1/s1. The first-order valence-electron chi connectivity index (χ1n) is 6.89. The molecule has 1 aromatic rings. The van der Waals surface area contributed by atoms with Gasteiger partial charge in [0.2, 0.25) is 5.91 Å². The molecule has 1 aliphatic rings. The monoisotopic (exact) mass is 289 g/mol. The predicted octanol–water partition coefficient (Wildman–Crippen LogP) is 2.44. The van der Waals surface area contributed by atoms with Crippen molar-refractivity contribution in [2.24, 2.45) is 11.8 Å². The third-order valence-electron chi connectivity index (χ3n) is 3.66. The summed E-state index contributed by atoms with van der Waals surface area (Å²) in [4.78, 5) is 23.6. The van der Waals surface area contributed by atoms with Crippen molar-refractivity contribution in [3.05, 3.63) is 42.0 Å². The molecule has 0 aromatic heterocycles. The molecule has 5 nitrogen and oxygen atoms in total. The van der Waals surface area contributed by atoms with Crippen molar-refractivity contribution < 1.29 is 19.4 Å². The van der Waals surface area contributed by atoms with E-state index >= 15 is 0 Å². The molecule has 21 heavy (non-hydrogen) atoms. The molecule has 1 amide bonds. The number of amides is 1. The van der Waals surface area contributed by atoms with E-state index in [1.165, 1.54) is 0 Å². The lowest BCUT2D eigenvalue weighted by molar-refractivity contribution is -0.146. The first kappa shape index (κ1) is 15.3. The smallest absolute Gasteiger partial charge is 0.307 e. The van der Waals surface area contributed by atoms with Crippen molar-refractivity contribution in [3.63, 3.8) is 0 Å². The molecule has 2 N–H and O–H groups in total. The number of methoxy groups -OCH3 is 1. The van der Waals surface area contributed by atoms with Gasteiger partial charge in [0.05, 0.1) is 18.4 Å². The molecule has 2 rings (SSSR count). The topological polar surface area (TPSA) is 75.6 Å². The maximum Gasteiger partial charge on any atom is 0.307 e. The van der Waals surface area contributed by atoms with Gasteiger partial charge in [-0.2, -0.15) is 0 Å². The molecule has 0 bridgehead atoms. The third kappa shape index (κ3) is 3.70. The zero-order valence-corrected chi connectivity index (χ0v) is 11.9.